The maximum atomic E-state index is 11.3. The first kappa shape index (κ1) is 16.9. The van der Waals surface area contributed by atoms with Crippen LogP contribution in [-0.2, 0) is 6.54 Å². The van der Waals surface area contributed by atoms with E-state index in [2.05, 4.69) is 5.10 Å². The number of rotatable bonds is 4. The molecule has 0 fully saturated rings. The fraction of sp³-hybridized carbons (Fsp3) is 0.100. The van der Waals surface area contributed by atoms with Crippen molar-refractivity contribution in [2.45, 2.75) is 13.5 Å². The van der Waals surface area contributed by atoms with E-state index in [1.165, 1.54) is 0 Å². The van der Waals surface area contributed by atoms with Gasteiger partial charge in [0.05, 0.1) is 6.54 Å². The van der Waals surface area contributed by atoms with E-state index >= 15 is 0 Å². The summed E-state index contributed by atoms with van der Waals surface area (Å²) in [5.74, 6) is 0.776. The summed E-state index contributed by atoms with van der Waals surface area (Å²) in [7, 11) is 0. The molecule has 0 radical (unpaired) electrons. The third kappa shape index (κ3) is 3.14. The van der Waals surface area contributed by atoms with Gasteiger partial charge in [-0.1, -0.05) is 41.9 Å². The molecule has 6 heteroatoms. The second-order valence-electron chi connectivity index (χ2n) is 6.06. The number of carbonyl (C=O) groups is 1. The fourth-order valence-electron chi connectivity index (χ4n) is 2.98. The Morgan fingerprint density at radius 1 is 1.15 bits per heavy atom. The second-order valence-corrected chi connectivity index (χ2v) is 6.84. The number of halogens is 2. The first-order valence-corrected chi connectivity index (χ1v) is 8.78. The van der Waals surface area contributed by atoms with Gasteiger partial charge < -0.3 is 4.42 Å². The molecule has 26 heavy (non-hydrogen) atoms. The van der Waals surface area contributed by atoms with Gasteiger partial charge in [0.2, 0.25) is 0 Å². The Morgan fingerprint density at radius 2 is 1.92 bits per heavy atom. The van der Waals surface area contributed by atoms with Gasteiger partial charge in [0, 0.05) is 27.2 Å². The zero-order valence-electron chi connectivity index (χ0n) is 13.9. The number of hydrogen-bond acceptors (Lipinski definition) is 3. The van der Waals surface area contributed by atoms with Crippen molar-refractivity contribution >= 4 is 39.4 Å². The number of furan rings is 1. The van der Waals surface area contributed by atoms with E-state index < -0.39 is 5.24 Å². The number of aromatic nitrogens is 2. The molecule has 2 aromatic carbocycles. The standard InChI is InChI=1S/C20H14Cl2N2O2/c1-12-7-17(20(22)25)23-24(12)11-15-9-16(21)8-14-10-18(26-19(14)15)13-5-3-2-4-6-13/h2-10H,11H2,1H3. The number of benzene rings is 2. The van der Waals surface area contributed by atoms with Crippen LogP contribution in [0, 0.1) is 6.92 Å². The third-order valence-electron chi connectivity index (χ3n) is 4.22. The molecule has 0 aliphatic rings. The lowest BCUT2D eigenvalue weighted by molar-refractivity contribution is 0.107. The number of carbonyl (C=O) groups excluding carboxylic acids is 1. The molecule has 0 unspecified atom stereocenters. The first-order valence-electron chi connectivity index (χ1n) is 8.03. The molecular weight excluding hydrogens is 371 g/mol. The van der Waals surface area contributed by atoms with Crippen LogP contribution in [0.3, 0.4) is 0 Å². The van der Waals surface area contributed by atoms with Crippen LogP contribution in [-0.4, -0.2) is 15.0 Å². The van der Waals surface area contributed by atoms with Crippen molar-refractivity contribution in [2.24, 2.45) is 0 Å². The predicted molar refractivity (Wildman–Crippen MR) is 103 cm³/mol. The molecule has 0 spiro atoms. The molecule has 0 saturated heterocycles. The van der Waals surface area contributed by atoms with Crippen molar-refractivity contribution < 1.29 is 9.21 Å². The number of aryl methyl sites for hydroxylation is 1. The van der Waals surface area contributed by atoms with Crippen LogP contribution in [0.4, 0.5) is 0 Å². The SMILES string of the molecule is Cc1cc(C(=O)Cl)nn1Cc1cc(Cl)cc2cc(-c3ccccc3)oc12. The molecule has 0 N–H and O–H groups in total. The summed E-state index contributed by atoms with van der Waals surface area (Å²) in [5.41, 5.74) is 3.69. The minimum absolute atomic E-state index is 0.229. The highest BCUT2D eigenvalue weighted by Gasteiger charge is 2.15. The zero-order valence-corrected chi connectivity index (χ0v) is 15.4. The van der Waals surface area contributed by atoms with Crippen molar-refractivity contribution in [1.29, 1.82) is 0 Å². The van der Waals surface area contributed by atoms with Crippen LogP contribution in [0.2, 0.25) is 5.02 Å². The topological polar surface area (TPSA) is 48.0 Å². The highest BCUT2D eigenvalue weighted by atomic mass is 35.5. The Balaban J connectivity index is 1.80. The molecule has 2 aromatic heterocycles. The van der Waals surface area contributed by atoms with Gasteiger partial charge in [0.15, 0.2) is 0 Å². The molecule has 2 heterocycles. The van der Waals surface area contributed by atoms with Crippen molar-refractivity contribution in [3.05, 3.63) is 76.6 Å². The third-order valence-corrected chi connectivity index (χ3v) is 4.63. The van der Waals surface area contributed by atoms with E-state index in [1.54, 1.807) is 10.7 Å². The summed E-state index contributed by atoms with van der Waals surface area (Å²) in [6.07, 6.45) is 0. The van der Waals surface area contributed by atoms with E-state index in [1.807, 2.05) is 55.5 Å². The second kappa shape index (κ2) is 6.63. The molecule has 0 aliphatic heterocycles. The number of hydrogen-bond donors (Lipinski definition) is 0. The maximum Gasteiger partial charge on any atom is 0.272 e. The zero-order chi connectivity index (χ0) is 18.3. The quantitative estimate of drug-likeness (QED) is 0.424. The normalized spacial score (nSPS) is 11.2. The largest absolute Gasteiger partial charge is 0.456 e. The highest BCUT2D eigenvalue weighted by Crippen LogP contribution is 2.32. The van der Waals surface area contributed by atoms with E-state index in [9.17, 15) is 4.79 Å². The van der Waals surface area contributed by atoms with Crippen molar-refractivity contribution in [1.82, 2.24) is 9.78 Å². The summed E-state index contributed by atoms with van der Waals surface area (Å²) >= 11 is 11.8. The molecule has 130 valence electrons. The molecule has 4 nitrogen and oxygen atoms in total. The molecular formula is C20H14Cl2N2O2. The fourth-order valence-corrected chi connectivity index (χ4v) is 3.32. The van der Waals surface area contributed by atoms with E-state index in [-0.39, 0.29) is 5.69 Å². The smallest absolute Gasteiger partial charge is 0.272 e. The summed E-state index contributed by atoms with van der Waals surface area (Å²) in [6.45, 7) is 2.30. The summed E-state index contributed by atoms with van der Waals surface area (Å²) in [6, 6.07) is 17.3. The molecule has 0 amide bonds. The monoisotopic (exact) mass is 384 g/mol. The average Bonchev–Trinajstić information content (AvgIpc) is 3.20. The molecule has 4 rings (SSSR count). The van der Waals surface area contributed by atoms with Gasteiger partial charge in [-0.25, -0.2) is 0 Å². The van der Waals surface area contributed by atoms with Gasteiger partial charge in [-0.2, -0.15) is 5.10 Å². The molecule has 4 aromatic rings. The Bertz CT molecular complexity index is 1110. The van der Waals surface area contributed by atoms with Gasteiger partial charge in [-0.3, -0.25) is 9.48 Å². The Labute approximate surface area is 159 Å². The van der Waals surface area contributed by atoms with Crippen molar-refractivity contribution in [3.63, 3.8) is 0 Å². The summed E-state index contributed by atoms with van der Waals surface area (Å²) in [5, 5.41) is 5.22. The lowest BCUT2D eigenvalue weighted by Gasteiger charge is -2.06. The van der Waals surface area contributed by atoms with E-state index in [0.717, 1.165) is 33.6 Å². The molecule has 0 aliphatic carbocycles. The van der Waals surface area contributed by atoms with Gasteiger partial charge in [0.25, 0.3) is 5.24 Å². The minimum Gasteiger partial charge on any atom is -0.456 e. The van der Waals surface area contributed by atoms with Crippen LogP contribution >= 0.6 is 23.2 Å². The van der Waals surface area contributed by atoms with Crippen LogP contribution in [0.1, 0.15) is 21.7 Å². The van der Waals surface area contributed by atoms with Crippen LogP contribution in [0.25, 0.3) is 22.3 Å². The lowest BCUT2D eigenvalue weighted by atomic mass is 10.1. The van der Waals surface area contributed by atoms with E-state index in [4.69, 9.17) is 27.6 Å². The van der Waals surface area contributed by atoms with Gasteiger partial charge in [0.1, 0.15) is 17.0 Å². The van der Waals surface area contributed by atoms with Crippen molar-refractivity contribution in [3.8, 4) is 11.3 Å². The van der Waals surface area contributed by atoms with Gasteiger partial charge in [-0.15, -0.1) is 0 Å². The van der Waals surface area contributed by atoms with Crippen LogP contribution in [0.5, 0.6) is 0 Å². The minimum atomic E-state index is -0.576. The summed E-state index contributed by atoms with van der Waals surface area (Å²) in [4.78, 5) is 11.3. The Kier molecular flexibility index (Phi) is 4.31. The number of nitrogens with zero attached hydrogens (tertiary/aromatic N) is 2. The average molecular weight is 385 g/mol. The first-order chi connectivity index (χ1) is 12.5. The summed E-state index contributed by atoms with van der Waals surface area (Å²) < 4.78 is 7.83. The van der Waals surface area contributed by atoms with Crippen LogP contribution < -0.4 is 0 Å². The highest BCUT2D eigenvalue weighted by molar-refractivity contribution is 6.67. The molecule has 0 atom stereocenters. The van der Waals surface area contributed by atoms with Crippen molar-refractivity contribution in [2.75, 3.05) is 0 Å². The maximum absolute atomic E-state index is 11.3. The lowest BCUT2D eigenvalue weighted by Crippen LogP contribution is -2.05. The molecule has 0 saturated carbocycles. The molecule has 0 bridgehead atoms. The number of fused-ring (bicyclic) bond motifs is 1. The Hall–Kier alpha value is -2.56. The van der Waals surface area contributed by atoms with E-state index in [0.29, 0.717) is 11.6 Å². The van der Waals surface area contributed by atoms with Gasteiger partial charge >= 0.3 is 0 Å². The Morgan fingerprint density at radius 3 is 2.62 bits per heavy atom. The van der Waals surface area contributed by atoms with Crippen LogP contribution in [0.15, 0.2) is 59.0 Å². The van der Waals surface area contributed by atoms with Gasteiger partial charge in [-0.05, 0) is 42.8 Å². The predicted octanol–water partition coefficient (Wildman–Crippen LogP) is 5.69.